The van der Waals surface area contributed by atoms with Gasteiger partial charge in [-0.1, -0.05) is 58.1 Å². The molecule has 0 aliphatic carbocycles. The van der Waals surface area contributed by atoms with E-state index < -0.39 is 90.9 Å². The van der Waals surface area contributed by atoms with Gasteiger partial charge in [0, 0.05) is 5.56 Å². The maximum Gasteiger partial charge on any atom is 0.424 e. The van der Waals surface area contributed by atoms with Gasteiger partial charge in [-0.15, -0.1) is 0 Å². The Morgan fingerprint density at radius 2 is 1.36 bits per heavy atom. The average molecular weight is 821 g/mol. The van der Waals surface area contributed by atoms with E-state index >= 15 is 4.39 Å². The van der Waals surface area contributed by atoms with E-state index in [1.807, 2.05) is 53.5 Å². The molecule has 12 nitrogen and oxygen atoms in total. The molecule has 3 rings (SSSR count). The smallest absolute Gasteiger partial charge is 0.424 e. The van der Waals surface area contributed by atoms with Crippen LogP contribution in [0.1, 0.15) is 90.1 Å². The van der Waals surface area contributed by atoms with Crippen LogP contribution in [0, 0.1) is 18.2 Å². The van der Waals surface area contributed by atoms with E-state index in [2.05, 4.69) is 0 Å². The fourth-order valence-electron chi connectivity index (χ4n) is 5.30. The highest BCUT2D eigenvalue weighted by atomic mass is 32.2. The van der Waals surface area contributed by atoms with Gasteiger partial charge < -0.3 is 27.2 Å². The molecule has 2 aromatic carbocycles. The van der Waals surface area contributed by atoms with Crippen LogP contribution >= 0.6 is 0 Å². The Bertz CT molecular complexity index is 1990. The average Bonchev–Trinajstić information content (AvgIpc) is 3.34. The monoisotopic (exact) mass is 820 g/mol. The van der Waals surface area contributed by atoms with Crippen LogP contribution in [0.2, 0.25) is 32.7 Å². The molecule has 0 saturated heterocycles. The summed E-state index contributed by atoms with van der Waals surface area (Å²) in [4.78, 5) is 42.0. The minimum Gasteiger partial charge on any atom is -0.465 e. The molecule has 55 heavy (non-hydrogen) atoms. The van der Waals surface area contributed by atoms with Gasteiger partial charge in [0.15, 0.2) is 11.6 Å². The zero-order chi connectivity index (χ0) is 42.2. The van der Waals surface area contributed by atoms with Crippen LogP contribution in [0.25, 0.3) is 11.1 Å². The molecule has 1 atom stereocenters. The summed E-state index contributed by atoms with van der Waals surface area (Å²) in [7, 11) is -7.85. The lowest BCUT2D eigenvalue weighted by molar-refractivity contribution is 0.0430. The molecular weight excluding hydrogens is 766 g/mol. The van der Waals surface area contributed by atoms with E-state index in [1.165, 1.54) is 24.3 Å². The minimum atomic E-state index is -4.81. The van der Waals surface area contributed by atoms with Crippen LogP contribution < -0.4 is 14.5 Å². The standard InChI is InChI=1S/C39H55FNO11SSi2/c1-23-17-19-24(20-18-23)53(45,46)51-30-25(27-29(40)34(55(14,15)16)48-31(27)32(37(2,3)4)52-54(12)13)21-22-26(28(30)33(42)47-11)41(35(43)49-38(5,6)7)36(44)50-39(8,9)10/h17-22,32H,1-16H3. The Hall–Kier alpha value is -4.00. The van der Waals surface area contributed by atoms with Crippen molar-refractivity contribution >= 4 is 56.5 Å². The first-order valence-electron chi connectivity index (χ1n) is 17.7. The normalized spacial score (nSPS) is 13.3. The molecule has 1 aromatic heterocycles. The van der Waals surface area contributed by atoms with Gasteiger partial charge in [-0.2, -0.15) is 13.3 Å². The number of methoxy groups -OCH3 is 1. The van der Waals surface area contributed by atoms with Gasteiger partial charge in [-0.25, -0.2) is 18.8 Å². The molecule has 0 fully saturated rings. The highest BCUT2D eigenvalue weighted by molar-refractivity contribution is 7.87. The first-order valence-corrected chi connectivity index (χ1v) is 25.0. The number of furan rings is 1. The first-order chi connectivity index (χ1) is 24.9. The lowest BCUT2D eigenvalue weighted by Gasteiger charge is -2.32. The maximum atomic E-state index is 17.3. The fourth-order valence-corrected chi connectivity index (χ4v) is 8.38. The summed E-state index contributed by atoms with van der Waals surface area (Å²) in [5.41, 5.74) is -3.88. The number of nitrogens with zero attached hydrogens (tertiary/aromatic N) is 1. The quantitative estimate of drug-likeness (QED) is 0.0834. The molecule has 1 unspecified atom stereocenters. The molecule has 1 radical (unpaired) electrons. The topological polar surface area (TPSA) is 148 Å². The zero-order valence-corrected chi connectivity index (χ0v) is 37.6. The number of ether oxygens (including phenoxy) is 3. The van der Waals surface area contributed by atoms with Crippen molar-refractivity contribution in [3.63, 3.8) is 0 Å². The molecule has 0 bridgehead atoms. The third-order valence-electron chi connectivity index (χ3n) is 7.63. The molecule has 0 spiro atoms. The molecule has 0 aliphatic rings. The van der Waals surface area contributed by atoms with E-state index in [4.69, 9.17) is 27.2 Å². The molecule has 0 saturated carbocycles. The lowest BCUT2D eigenvalue weighted by atomic mass is 9.85. The Balaban J connectivity index is 2.68. The zero-order valence-electron chi connectivity index (χ0n) is 34.8. The number of carbonyl (C=O) groups excluding carboxylic acids is 3. The highest BCUT2D eigenvalue weighted by Crippen LogP contribution is 2.48. The van der Waals surface area contributed by atoms with Crippen molar-refractivity contribution in [1.82, 2.24) is 0 Å². The van der Waals surface area contributed by atoms with Gasteiger partial charge in [-0.05, 0) is 91.2 Å². The first kappa shape index (κ1) is 45.4. The predicted molar refractivity (Wildman–Crippen MR) is 213 cm³/mol. The number of halogens is 1. The second-order valence-electron chi connectivity index (χ2n) is 17.5. The van der Waals surface area contributed by atoms with Gasteiger partial charge in [0.25, 0.3) is 0 Å². The third-order valence-corrected chi connectivity index (χ3v) is 11.3. The molecule has 303 valence electrons. The summed E-state index contributed by atoms with van der Waals surface area (Å²) in [5, 5.41) is 0.0662. The van der Waals surface area contributed by atoms with Crippen LogP contribution in [0.15, 0.2) is 45.7 Å². The maximum absolute atomic E-state index is 17.3. The summed E-state index contributed by atoms with van der Waals surface area (Å²) in [6.45, 7) is 26.3. The second-order valence-corrected chi connectivity index (χ2v) is 26.0. The van der Waals surface area contributed by atoms with Crippen LogP contribution in [-0.2, 0) is 28.8 Å². The Morgan fingerprint density at radius 3 is 1.78 bits per heavy atom. The van der Waals surface area contributed by atoms with E-state index in [1.54, 1.807) is 60.6 Å². The van der Waals surface area contributed by atoms with E-state index in [9.17, 15) is 22.8 Å². The summed E-state index contributed by atoms with van der Waals surface area (Å²) < 4.78 is 80.6. The van der Waals surface area contributed by atoms with E-state index in [0.717, 1.165) is 12.7 Å². The number of anilines is 1. The summed E-state index contributed by atoms with van der Waals surface area (Å²) in [6, 6.07) is 8.14. The number of carbonyl (C=O) groups is 3. The Kier molecular flexibility index (Phi) is 13.4. The van der Waals surface area contributed by atoms with Crippen molar-refractivity contribution in [2.75, 3.05) is 12.0 Å². The van der Waals surface area contributed by atoms with Crippen LogP contribution in [0.5, 0.6) is 5.75 Å². The number of imide groups is 1. The molecule has 3 aromatic rings. The summed E-state index contributed by atoms with van der Waals surface area (Å²) in [5.74, 6) is -2.72. The van der Waals surface area contributed by atoms with Crippen LogP contribution in [0.4, 0.5) is 19.7 Å². The van der Waals surface area contributed by atoms with Crippen LogP contribution in [-0.4, -0.2) is 62.0 Å². The number of hydrogen-bond acceptors (Lipinski definition) is 11. The van der Waals surface area contributed by atoms with Gasteiger partial charge in [-0.3, -0.25) is 0 Å². The van der Waals surface area contributed by atoms with Crippen molar-refractivity contribution in [3.8, 4) is 16.9 Å². The number of esters is 1. The van der Waals surface area contributed by atoms with E-state index in [-0.39, 0.29) is 27.2 Å². The minimum absolute atomic E-state index is 0.0471. The van der Waals surface area contributed by atoms with Gasteiger partial charge in [0.1, 0.15) is 47.0 Å². The SMILES string of the molecule is COC(=O)c1c(N(C(=O)OC(C)(C)C)C(=O)OC(C)(C)C)ccc(-c2c(C(O[Si](C)C)C(C)(C)C)oc([Si](C)(C)C)c2F)c1OS(=O)(=O)c1ccc(C)cc1. The number of benzene rings is 2. The largest absolute Gasteiger partial charge is 0.465 e. The molecular formula is C39H55FNO11SSi2. The summed E-state index contributed by atoms with van der Waals surface area (Å²) >= 11 is 0. The number of rotatable bonds is 10. The lowest BCUT2D eigenvalue weighted by Crippen LogP contribution is -2.44. The predicted octanol–water partition coefficient (Wildman–Crippen LogP) is 9.53. The van der Waals surface area contributed by atoms with Crippen LogP contribution in [0.3, 0.4) is 0 Å². The number of amides is 2. The summed E-state index contributed by atoms with van der Waals surface area (Å²) in [6.07, 6.45) is -3.37. The molecule has 0 N–H and O–H groups in total. The number of aryl methyl sites for hydroxylation is 1. The van der Waals surface area contributed by atoms with Gasteiger partial charge in [0.2, 0.25) is 9.04 Å². The Labute approximate surface area is 327 Å². The van der Waals surface area contributed by atoms with Crippen molar-refractivity contribution < 1.29 is 54.4 Å². The number of hydrogen-bond donors (Lipinski definition) is 0. The molecule has 1 heterocycles. The van der Waals surface area contributed by atoms with Crippen molar-refractivity contribution in [3.05, 3.63) is 59.1 Å². The second kappa shape index (κ2) is 16.2. The third kappa shape index (κ3) is 11.1. The van der Waals surface area contributed by atoms with Gasteiger partial charge in [0.05, 0.1) is 18.4 Å². The molecule has 16 heteroatoms. The van der Waals surface area contributed by atoms with Crippen molar-refractivity contribution in [2.24, 2.45) is 5.41 Å². The van der Waals surface area contributed by atoms with Crippen molar-refractivity contribution in [1.29, 1.82) is 0 Å². The Morgan fingerprint density at radius 1 is 0.855 bits per heavy atom. The fraction of sp³-hybridized carbons (Fsp3) is 0.513. The highest BCUT2D eigenvalue weighted by Gasteiger charge is 2.43. The van der Waals surface area contributed by atoms with Gasteiger partial charge >= 0.3 is 28.3 Å². The van der Waals surface area contributed by atoms with E-state index in [0.29, 0.717) is 4.90 Å². The van der Waals surface area contributed by atoms with Crippen molar-refractivity contribution in [2.45, 2.75) is 124 Å². The molecule has 2 amide bonds. The molecule has 0 aliphatic heterocycles.